The molecule has 0 bridgehead atoms. The second kappa shape index (κ2) is 10.4. The molecule has 7 heteroatoms. The van der Waals surface area contributed by atoms with Crippen molar-refractivity contribution in [3.05, 3.63) is 29.8 Å². The first-order valence-corrected chi connectivity index (χ1v) is 9.80. The van der Waals surface area contributed by atoms with Crippen LogP contribution in [0.4, 0.5) is 0 Å². The normalized spacial score (nSPS) is 16.8. The number of nitrogens with one attached hydrogen (secondary N) is 1. The van der Waals surface area contributed by atoms with Gasteiger partial charge in [-0.2, -0.15) is 4.31 Å². The maximum absolute atomic E-state index is 12.7. The molecular weight excluding hydrogens is 348 g/mol. The highest BCUT2D eigenvalue weighted by molar-refractivity contribution is 7.89. The van der Waals surface area contributed by atoms with Crippen LogP contribution in [0.1, 0.15) is 25.3 Å². The Bertz CT molecular complexity index is 570. The molecule has 1 aliphatic heterocycles. The lowest BCUT2D eigenvalue weighted by Gasteiger charge is -2.31. The molecule has 1 saturated heterocycles. The maximum Gasteiger partial charge on any atom is 0.243 e. The number of rotatable bonds is 8. The van der Waals surface area contributed by atoms with E-state index in [4.69, 9.17) is 4.74 Å². The Hall–Kier alpha value is -0.660. The average Bonchev–Trinajstić information content (AvgIpc) is 2.59. The van der Waals surface area contributed by atoms with Crippen LogP contribution in [0.2, 0.25) is 0 Å². The van der Waals surface area contributed by atoms with Gasteiger partial charge in [0.1, 0.15) is 0 Å². The summed E-state index contributed by atoms with van der Waals surface area (Å²) >= 11 is 0. The van der Waals surface area contributed by atoms with Crippen molar-refractivity contribution in [2.75, 3.05) is 39.9 Å². The summed E-state index contributed by atoms with van der Waals surface area (Å²) in [5.74, 6) is 0.581. The van der Waals surface area contributed by atoms with Gasteiger partial charge in [0.25, 0.3) is 0 Å². The molecule has 1 heterocycles. The molecule has 0 spiro atoms. The summed E-state index contributed by atoms with van der Waals surface area (Å²) < 4.78 is 32.1. The van der Waals surface area contributed by atoms with Crippen LogP contribution in [0.15, 0.2) is 29.2 Å². The van der Waals surface area contributed by atoms with E-state index in [1.807, 2.05) is 12.1 Å². The molecular formula is C17H29ClN2O3S. The Labute approximate surface area is 152 Å². The third kappa shape index (κ3) is 5.70. The van der Waals surface area contributed by atoms with Crippen LogP contribution in [0.3, 0.4) is 0 Å². The molecule has 1 N–H and O–H groups in total. The first-order chi connectivity index (χ1) is 11.1. The summed E-state index contributed by atoms with van der Waals surface area (Å²) in [5.41, 5.74) is 1.09. The molecule has 24 heavy (non-hydrogen) atoms. The summed E-state index contributed by atoms with van der Waals surface area (Å²) in [4.78, 5) is 0.392. The molecule has 138 valence electrons. The maximum atomic E-state index is 12.7. The molecule has 0 saturated carbocycles. The van der Waals surface area contributed by atoms with Gasteiger partial charge in [0.05, 0.1) is 11.5 Å². The van der Waals surface area contributed by atoms with Crippen LogP contribution in [-0.2, 0) is 21.2 Å². The third-order valence-corrected chi connectivity index (χ3v) is 6.33. The Morgan fingerprint density at radius 3 is 2.38 bits per heavy atom. The van der Waals surface area contributed by atoms with Crippen LogP contribution in [0.25, 0.3) is 0 Å². The summed E-state index contributed by atoms with van der Waals surface area (Å²) in [6.07, 6.45) is 2.66. The van der Waals surface area contributed by atoms with E-state index in [0.717, 1.165) is 37.9 Å². The van der Waals surface area contributed by atoms with E-state index in [9.17, 15) is 8.42 Å². The van der Waals surface area contributed by atoms with E-state index in [1.54, 1.807) is 23.5 Å². The minimum Gasteiger partial charge on any atom is -0.384 e. The predicted molar refractivity (Wildman–Crippen MR) is 99.3 cm³/mol. The number of halogens is 1. The van der Waals surface area contributed by atoms with Gasteiger partial charge in [0.2, 0.25) is 10.0 Å². The Morgan fingerprint density at radius 2 is 1.83 bits per heavy atom. The zero-order chi connectivity index (χ0) is 16.7. The van der Waals surface area contributed by atoms with Crippen molar-refractivity contribution in [3.63, 3.8) is 0 Å². The summed E-state index contributed by atoms with van der Waals surface area (Å²) in [6.45, 7) is 5.92. The van der Waals surface area contributed by atoms with Crippen LogP contribution in [0, 0.1) is 5.92 Å². The lowest BCUT2D eigenvalue weighted by atomic mass is 9.98. The number of hydrogen-bond donors (Lipinski definition) is 1. The zero-order valence-electron chi connectivity index (χ0n) is 14.5. The van der Waals surface area contributed by atoms with Gasteiger partial charge in [-0.15, -0.1) is 12.4 Å². The topological polar surface area (TPSA) is 58.6 Å². The lowest BCUT2D eigenvalue weighted by Crippen LogP contribution is -2.40. The van der Waals surface area contributed by atoms with E-state index in [2.05, 4.69) is 12.2 Å². The number of piperidine rings is 1. The molecule has 0 aromatic heterocycles. The molecule has 0 aliphatic carbocycles. The lowest BCUT2D eigenvalue weighted by molar-refractivity contribution is 0.202. The smallest absolute Gasteiger partial charge is 0.243 e. The second-order valence-electron chi connectivity index (χ2n) is 6.04. The number of nitrogens with zero attached hydrogens (tertiary/aromatic N) is 1. The van der Waals surface area contributed by atoms with Crippen LogP contribution < -0.4 is 5.32 Å². The number of hydrogen-bond acceptors (Lipinski definition) is 4. The molecule has 0 atom stereocenters. The highest BCUT2D eigenvalue weighted by Gasteiger charge is 2.29. The fourth-order valence-corrected chi connectivity index (χ4v) is 4.37. The molecule has 5 nitrogen and oxygen atoms in total. The summed E-state index contributed by atoms with van der Waals surface area (Å²) in [7, 11) is -1.70. The van der Waals surface area contributed by atoms with Crippen molar-refractivity contribution in [1.82, 2.24) is 9.62 Å². The Balaban J connectivity index is 0.00000288. The quantitative estimate of drug-likeness (QED) is 0.756. The molecule has 1 aromatic carbocycles. The van der Waals surface area contributed by atoms with Gasteiger partial charge >= 0.3 is 0 Å². The zero-order valence-corrected chi connectivity index (χ0v) is 16.2. The Morgan fingerprint density at radius 1 is 1.21 bits per heavy atom. The van der Waals surface area contributed by atoms with Gasteiger partial charge in [0.15, 0.2) is 0 Å². The number of benzene rings is 1. The SMILES string of the molecule is CCNCC1CCN(S(=O)(=O)c2ccc(CCOC)cc2)CC1.Cl. The fraction of sp³-hybridized carbons (Fsp3) is 0.647. The summed E-state index contributed by atoms with van der Waals surface area (Å²) in [5, 5.41) is 3.35. The van der Waals surface area contributed by atoms with E-state index in [1.165, 1.54) is 0 Å². The first-order valence-electron chi connectivity index (χ1n) is 8.36. The van der Waals surface area contributed by atoms with Gasteiger partial charge in [-0.05, 0) is 56.0 Å². The highest BCUT2D eigenvalue weighted by Crippen LogP contribution is 2.23. The first kappa shape index (κ1) is 21.4. The number of ether oxygens (including phenoxy) is 1. The largest absolute Gasteiger partial charge is 0.384 e. The van der Waals surface area contributed by atoms with Crippen LogP contribution in [0.5, 0.6) is 0 Å². The molecule has 1 fully saturated rings. The molecule has 1 aromatic rings. The number of sulfonamides is 1. The van der Waals surface area contributed by atoms with Crippen molar-refractivity contribution in [3.8, 4) is 0 Å². The average molecular weight is 377 g/mol. The summed E-state index contributed by atoms with van der Waals surface area (Å²) in [6, 6.07) is 7.18. The van der Waals surface area contributed by atoms with E-state index < -0.39 is 10.0 Å². The van der Waals surface area contributed by atoms with E-state index >= 15 is 0 Å². The van der Waals surface area contributed by atoms with Crippen molar-refractivity contribution >= 4 is 22.4 Å². The molecule has 0 unspecified atom stereocenters. The predicted octanol–water partition coefficient (Wildman–Crippen LogP) is 2.31. The van der Waals surface area contributed by atoms with Crippen molar-refractivity contribution in [1.29, 1.82) is 0 Å². The van der Waals surface area contributed by atoms with Crippen molar-refractivity contribution < 1.29 is 13.2 Å². The van der Waals surface area contributed by atoms with E-state index in [-0.39, 0.29) is 12.4 Å². The fourth-order valence-electron chi connectivity index (χ4n) is 2.90. The molecule has 1 aliphatic rings. The molecule has 0 amide bonds. The Kier molecular flexibility index (Phi) is 9.23. The minimum atomic E-state index is -3.36. The van der Waals surface area contributed by atoms with E-state index in [0.29, 0.717) is 30.5 Å². The van der Waals surface area contributed by atoms with Gasteiger partial charge in [-0.1, -0.05) is 19.1 Å². The van der Waals surface area contributed by atoms with Gasteiger partial charge in [-0.25, -0.2) is 8.42 Å². The second-order valence-corrected chi connectivity index (χ2v) is 7.98. The standard InChI is InChI=1S/C17H28N2O3S.ClH/c1-3-18-14-16-8-11-19(12-9-16)23(20,21)17-6-4-15(5-7-17)10-13-22-2;/h4-7,16,18H,3,8-14H2,1-2H3;1H. The van der Waals surface area contributed by atoms with Crippen LogP contribution in [-0.4, -0.2) is 52.6 Å². The van der Waals surface area contributed by atoms with Gasteiger partial charge in [0, 0.05) is 20.2 Å². The molecule has 0 radical (unpaired) electrons. The minimum absolute atomic E-state index is 0. The van der Waals surface area contributed by atoms with Crippen LogP contribution >= 0.6 is 12.4 Å². The monoisotopic (exact) mass is 376 g/mol. The van der Waals surface area contributed by atoms with Gasteiger partial charge < -0.3 is 10.1 Å². The van der Waals surface area contributed by atoms with Gasteiger partial charge in [-0.3, -0.25) is 0 Å². The highest BCUT2D eigenvalue weighted by atomic mass is 35.5. The molecule has 2 rings (SSSR count). The van der Waals surface area contributed by atoms with Crippen molar-refractivity contribution in [2.45, 2.75) is 31.1 Å². The number of methoxy groups -OCH3 is 1. The third-order valence-electron chi connectivity index (χ3n) is 4.41. The van der Waals surface area contributed by atoms with Crippen molar-refractivity contribution in [2.24, 2.45) is 5.92 Å².